The molecule has 0 bridgehead atoms. The third-order valence-corrected chi connectivity index (χ3v) is 11.2. The first-order valence-corrected chi connectivity index (χ1v) is 12.0. The smallest absolute Gasteiger partial charge is 0.263 e. The van der Waals surface area contributed by atoms with E-state index in [0.29, 0.717) is 0 Å². The van der Waals surface area contributed by atoms with Gasteiger partial charge in [0, 0.05) is 0 Å². The van der Waals surface area contributed by atoms with Crippen LogP contribution in [0.4, 0.5) is 0 Å². The highest BCUT2D eigenvalue weighted by molar-refractivity contribution is 6.99. The molecular formula is C24H31NOSi. The van der Waals surface area contributed by atoms with Crippen LogP contribution >= 0.6 is 0 Å². The van der Waals surface area contributed by atoms with Gasteiger partial charge >= 0.3 is 0 Å². The van der Waals surface area contributed by atoms with Crippen molar-refractivity contribution in [2.45, 2.75) is 64.0 Å². The molecule has 142 valence electrons. The molecule has 3 rings (SSSR count). The zero-order chi connectivity index (χ0) is 19.5. The highest BCUT2D eigenvalue weighted by Crippen LogP contribution is 2.44. The van der Waals surface area contributed by atoms with Gasteiger partial charge in [-0.2, -0.15) is 5.26 Å². The molecule has 0 amide bonds. The SMILES string of the molecule is C[C@@H]1CCCC[C@@]1(C#N)O[Si](c1ccccc1)(c1ccccc1)C(C)(C)C. The average Bonchev–Trinajstić information content (AvgIpc) is 2.68. The molecule has 0 aliphatic heterocycles. The minimum atomic E-state index is -2.69. The Hall–Kier alpha value is -1.89. The summed E-state index contributed by atoms with van der Waals surface area (Å²) in [6.45, 7) is 9.02. The minimum Gasteiger partial charge on any atom is -0.389 e. The molecule has 0 aromatic heterocycles. The molecule has 1 fully saturated rings. The first-order chi connectivity index (χ1) is 12.9. The lowest BCUT2D eigenvalue weighted by Gasteiger charge is -2.50. The van der Waals surface area contributed by atoms with E-state index in [-0.39, 0.29) is 11.0 Å². The van der Waals surface area contributed by atoms with E-state index in [1.807, 2.05) is 0 Å². The normalized spacial score (nSPS) is 23.6. The van der Waals surface area contributed by atoms with E-state index in [4.69, 9.17) is 4.43 Å². The van der Waals surface area contributed by atoms with Gasteiger partial charge < -0.3 is 4.43 Å². The molecule has 2 aromatic carbocycles. The fourth-order valence-electron chi connectivity index (χ4n) is 4.58. The van der Waals surface area contributed by atoms with E-state index in [1.54, 1.807) is 0 Å². The Kier molecular flexibility index (Phi) is 5.60. The second-order valence-corrected chi connectivity index (χ2v) is 13.1. The molecule has 1 aliphatic rings. The number of nitrogens with zero attached hydrogens (tertiary/aromatic N) is 1. The summed E-state index contributed by atoms with van der Waals surface area (Å²) in [5.74, 6) is 0.248. The zero-order valence-electron chi connectivity index (χ0n) is 17.0. The highest BCUT2D eigenvalue weighted by atomic mass is 28.4. The fraction of sp³-hybridized carbons (Fsp3) is 0.458. The van der Waals surface area contributed by atoms with Crippen LogP contribution in [-0.2, 0) is 4.43 Å². The molecule has 0 heterocycles. The Balaban J connectivity index is 2.26. The number of nitriles is 1. The topological polar surface area (TPSA) is 33.0 Å². The van der Waals surface area contributed by atoms with Crippen molar-refractivity contribution in [3.05, 3.63) is 60.7 Å². The van der Waals surface area contributed by atoms with Crippen molar-refractivity contribution in [3.8, 4) is 6.07 Å². The summed E-state index contributed by atoms with van der Waals surface area (Å²) in [5, 5.41) is 12.7. The molecule has 2 nitrogen and oxygen atoms in total. The van der Waals surface area contributed by atoms with Gasteiger partial charge in [-0.05, 0) is 40.6 Å². The van der Waals surface area contributed by atoms with Gasteiger partial charge in [-0.25, -0.2) is 0 Å². The first-order valence-electron chi connectivity index (χ1n) is 10.1. The fourth-order valence-corrected chi connectivity index (χ4v) is 9.41. The second kappa shape index (κ2) is 7.62. The Morgan fingerprint density at radius 3 is 1.89 bits per heavy atom. The maximum atomic E-state index is 10.3. The molecule has 27 heavy (non-hydrogen) atoms. The number of benzene rings is 2. The van der Waals surface area contributed by atoms with Crippen LogP contribution in [-0.4, -0.2) is 13.9 Å². The van der Waals surface area contributed by atoms with Crippen LogP contribution in [0.15, 0.2) is 60.7 Å². The van der Waals surface area contributed by atoms with Crippen molar-refractivity contribution >= 4 is 18.7 Å². The van der Waals surface area contributed by atoms with Gasteiger partial charge in [0.1, 0.15) is 5.60 Å². The van der Waals surface area contributed by atoms with Crippen LogP contribution in [0.3, 0.4) is 0 Å². The van der Waals surface area contributed by atoms with Crippen LogP contribution in [0.1, 0.15) is 53.4 Å². The summed E-state index contributed by atoms with van der Waals surface area (Å²) in [5.41, 5.74) is -0.705. The van der Waals surface area contributed by atoms with Crippen LogP contribution in [0.2, 0.25) is 5.04 Å². The molecule has 0 N–H and O–H groups in total. The predicted molar refractivity (Wildman–Crippen MR) is 115 cm³/mol. The Bertz CT molecular complexity index is 751. The molecule has 3 heteroatoms. The van der Waals surface area contributed by atoms with Gasteiger partial charge in [-0.15, -0.1) is 0 Å². The summed E-state index contributed by atoms with van der Waals surface area (Å²) >= 11 is 0. The van der Waals surface area contributed by atoms with Crippen molar-refractivity contribution in [2.75, 3.05) is 0 Å². The van der Waals surface area contributed by atoms with E-state index < -0.39 is 13.9 Å². The van der Waals surface area contributed by atoms with Gasteiger partial charge in [-0.1, -0.05) is 94.8 Å². The average molecular weight is 378 g/mol. The third kappa shape index (κ3) is 3.49. The number of rotatable bonds is 4. The highest BCUT2D eigenvalue weighted by Gasteiger charge is 2.56. The van der Waals surface area contributed by atoms with Crippen molar-refractivity contribution in [1.82, 2.24) is 0 Å². The van der Waals surface area contributed by atoms with Crippen molar-refractivity contribution < 1.29 is 4.43 Å². The molecule has 1 aliphatic carbocycles. The third-order valence-electron chi connectivity index (χ3n) is 6.17. The van der Waals surface area contributed by atoms with E-state index in [0.717, 1.165) is 19.3 Å². The van der Waals surface area contributed by atoms with E-state index in [1.165, 1.54) is 16.8 Å². The van der Waals surface area contributed by atoms with Crippen LogP contribution in [0.25, 0.3) is 0 Å². The lowest BCUT2D eigenvalue weighted by molar-refractivity contribution is 0.0257. The zero-order valence-corrected chi connectivity index (χ0v) is 18.0. The summed E-state index contributed by atoms with van der Waals surface area (Å²) in [4.78, 5) is 0. The van der Waals surface area contributed by atoms with Gasteiger partial charge in [-0.3, -0.25) is 0 Å². The summed E-state index contributed by atoms with van der Waals surface area (Å²) in [6.07, 6.45) is 4.14. The Morgan fingerprint density at radius 2 is 1.48 bits per heavy atom. The quantitative estimate of drug-likeness (QED) is 0.700. The Labute approximate surface area is 165 Å². The second-order valence-electron chi connectivity index (χ2n) is 8.91. The number of hydrogen-bond donors (Lipinski definition) is 0. The predicted octanol–water partition coefficient (Wildman–Crippen LogP) is 5.04. The molecule has 0 unspecified atom stereocenters. The van der Waals surface area contributed by atoms with E-state index in [9.17, 15) is 5.26 Å². The van der Waals surface area contributed by atoms with E-state index in [2.05, 4.69) is 94.4 Å². The molecule has 0 saturated heterocycles. The maximum absolute atomic E-state index is 10.3. The number of hydrogen-bond acceptors (Lipinski definition) is 2. The summed E-state index contributed by atoms with van der Waals surface area (Å²) < 4.78 is 7.24. The lowest BCUT2D eigenvalue weighted by atomic mass is 9.77. The summed E-state index contributed by atoms with van der Waals surface area (Å²) in [7, 11) is -2.69. The van der Waals surface area contributed by atoms with Gasteiger partial charge in [0.05, 0.1) is 6.07 Å². The van der Waals surface area contributed by atoms with Gasteiger partial charge in [0.15, 0.2) is 0 Å². The largest absolute Gasteiger partial charge is 0.389 e. The maximum Gasteiger partial charge on any atom is 0.263 e. The van der Waals surface area contributed by atoms with Crippen LogP contribution in [0, 0.1) is 17.2 Å². The minimum absolute atomic E-state index is 0.100. The summed E-state index contributed by atoms with van der Waals surface area (Å²) in [6, 6.07) is 23.9. The van der Waals surface area contributed by atoms with Crippen molar-refractivity contribution in [3.63, 3.8) is 0 Å². The van der Waals surface area contributed by atoms with E-state index >= 15 is 0 Å². The van der Waals surface area contributed by atoms with Gasteiger partial charge in [0.25, 0.3) is 8.32 Å². The molecule has 0 radical (unpaired) electrons. The van der Waals surface area contributed by atoms with Crippen LogP contribution < -0.4 is 10.4 Å². The van der Waals surface area contributed by atoms with Crippen molar-refractivity contribution in [2.24, 2.45) is 5.92 Å². The van der Waals surface area contributed by atoms with Crippen molar-refractivity contribution in [1.29, 1.82) is 5.26 Å². The Morgan fingerprint density at radius 1 is 0.963 bits per heavy atom. The standard InChI is InChI=1S/C24H31NOSi/c1-20-13-11-12-18-24(20,19-25)26-27(23(2,3)4,21-14-7-5-8-15-21)22-16-9-6-10-17-22/h5-10,14-17,20H,11-13,18H2,1-4H3/t20-,24+/m1/s1. The molecule has 0 spiro atoms. The molecule has 2 atom stereocenters. The van der Waals surface area contributed by atoms with Crippen LogP contribution in [0.5, 0.6) is 0 Å². The lowest BCUT2D eigenvalue weighted by Crippen LogP contribution is -2.70. The molecule has 1 saturated carbocycles. The molecular weight excluding hydrogens is 346 g/mol. The molecule has 2 aromatic rings. The van der Waals surface area contributed by atoms with Gasteiger partial charge in [0.2, 0.25) is 0 Å². The first kappa shape index (κ1) is 19.9. The monoisotopic (exact) mass is 377 g/mol.